The summed E-state index contributed by atoms with van der Waals surface area (Å²) >= 11 is 0. The molecule has 0 aliphatic carbocycles. The van der Waals surface area contributed by atoms with Gasteiger partial charge in [0.15, 0.2) is 0 Å². The van der Waals surface area contributed by atoms with Crippen molar-refractivity contribution in [3.8, 4) is 0 Å². The van der Waals surface area contributed by atoms with Gasteiger partial charge in [0.05, 0.1) is 6.10 Å². The molecule has 16 heavy (non-hydrogen) atoms. The molecule has 1 aromatic heterocycles. The summed E-state index contributed by atoms with van der Waals surface area (Å²) < 4.78 is 5.56. The Morgan fingerprint density at radius 1 is 1.38 bits per heavy atom. The fraction of sp³-hybridized carbons (Fsp3) is 0.667. The summed E-state index contributed by atoms with van der Waals surface area (Å²) in [4.78, 5) is 8.67. The molecule has 0 spiro atoms. The number of aromatic nitrogens is 2. The van der Waals surface area contributed by atoms with Crippen LogP contribution in [0.15, 0.2) is 6.07 Å². The van der Waals surface area contributed by atoms with Gasteiger partial charge in [0.1, 0.15) is 0 Å². The zero-order chi connectivity index (χ0) is 11.4. The van der Waals surface area contributed by atoms with E-state index in [0.717, 1.165) is 36.9 Å². The maximum atomic E-state index is 5.56. The molecule has 1 unspecified atom stereocenters. The van der Waals surface area contributed by atoms with Gasteiger partial charge in [0.2, 0.25) is 5.95 Å². The molecule has 2 rings (SSSR count). The monoisotopic (exact) mass is 221 g/mol. The van der Waals surface area contributed by atoms with Crippen LogP contribution in [0.4, 0.5) is 5.95 Å². The molecule has 1 saturated heterocycles. The van der Waals surface area contributed by atoms with Crippen LogP contribution in [0.2, 0.25) is 0 Å². The molecule has 0 saturated carbocycles. The van der Waals surface area contributed by atoms with E-state index in [-0.39, 0.29) is 0 Å². The van der Waals surface area contributed by atoms with Crippen LogP contribution < -0.4 is 5.32 Å². The largest absolute Gasteiger partial charge is 0.378 e. The summed E-state index contributed by atoms with van der Waals surface area (Å²) in [5.41, 5.74) is 2.01. The van der Waals surface area contributed by atoms with Crippen LogP contribution in [0.1, 0.15) is 30.7 Å². The SMILES string of the molecule is Cc1cc(C)nc(NCCC2CCCO2)n1. The maximum absolute atomic E-state index is 5.56. The van der Waals surface area contributed by atoms with Gasteiger partial charge in [-0.25, -0.2) is 9.97 Å². The third-order valence-corrected chi connectivity index (χ3v) is 2.76. The average molecular weight is 221 g/mol. The maximum Gasteiger partial charge on any atom is 0.223 e. The second kappa shape index (κ2) is 5.25. The van der Waals surface area contributed by atoms with Crippen LogP contribution >= 0.6 is 0 Å². The lowest BCUT2D eigenvalue weighted by atomic mass is 10.2. The van der Waals surface area contributed by atoms with Crippen LogP contribution in [0.25, 0.3) is 0 Å². The van der Waals surface area contributed by atoms with Crippen molar-refractivity contribution in [3.63, 3.8) is 0 Å². The zero-order valence-electron chi connectivity index (χ0n) is 9.99. The molecule has 1 aromatic rings. The van der Waals surface area contributed by atoms with Gasteiger partial charge in [-0.15, -0.1) is 0 Å². The van der Waals surface area contributed by atoms with Crippen LogP contribution in [0.3, 0.4) is 0 Å². The topological polar surface area (TPSA) is 47.0 Å². The fourth-order valence-electron chi connectivity index (χ4n) is 2.02. The number of rotatable bonds is 4. The minimum absolute atomic E-state index is 0.429. The van der Waals surface area contributed by atoms with Crippen molar-refractivity contribution >= 4 is 5.95 Å². The molecule has 1 aliphatic rings. The molecule has 0 bridgehead atoms. The Morgan fingerprint density at radius 3 is 2.75 bits per heavy atom. The highest BCUT2D eigenvalue weighted by Gasteiger charge is 2.14. The molecule has 0 aromatic carbocycles. The third-order valence-electron chi connectivity index (χ3n) is 2.76. The second-order valence-electron chi connectivity index (χ2n) is 4.32. The van der Waals surface area contributed by atoms with Crippen molar-refractivity contribution in [2.75, 3.05) is 18.5 Å². The van der Waals surface area contributed by atoms with Crippen LogP contribution in [-0.4, -0.2) is 29.2 Å². The Labute approximate surface area is 96.4 Å². The summed E-state index contributed by atoms with van der Waals surface area (Å²) in [5.74, 6) is 0.732. The quantitative estimate of drug-likeness (QED) is 0.845. The Balaban J connectivity index is 1.80. The lowest BCUT2D eigenvalue weighted by molar-refractivity contribution is 0.107. The summed E-state index contributed by atoms with van der Waals surface area (Å²) in [6.45, 7) is 5.78. The first kappa shape index (κ1) is 11.3. The van der Waals surface area contributed by atoms with Crippen molar-refractivity contribution in [3.05, 3.63) is 17.5 Å². The minimum atomic E-state index is 0.429. The van der Waals surface area contributed by atoms with Crippen molar-refractivity contribution in [2.24, 2.45) is 0 Å². The number of hydrogen-bond acceptors (Lipinski definition) is 4. The van der Waals surface area contributed by atoms with Crippen molar-refractivity contribution in [1.29, 1.82) is 0 Å². The second-order valence-corrected chi connectivity index (χ2v) is 4.32. The van der Waals surface area contributed by atoms with Gasteiger partial charge >= 0.3 is 0 Å². The number of ether oxygens (including phenoxy) is 1. The van der Waals surface area contributed by atoms with E-state index in [4.69, 9.17) is 4.74 Å². The lowest BCUT2D eigenvalue weighted by Gasteiger charge is -2.10. The summed E-state index contributed by atoms with van der Waals surface area (Å²) in [5, 5.41) is 3.25. The van der Waals surface area contributed by atoms with Gasteiger partial charge in [-0.2, -0.15) is 0 Å². The van der Waals surface area contributed by atoms with E-state index >= 15 is 0 Å². The molecule has 2 heterocycles. The molecule has 4 nitrogen and oxygen atoms in total. The molecule has 1 aliphatic heterocycles. The summed E-state index contributed by atoms with van der Waals surface area (Å²) in [7, 11) is 0. The van der Waals surface area contributed by atoms with E-state index in [1.54, 1.807) is 0 Å². The first-order valence-electron chi connectivity index (χ1n) is 5.92. The predicted molar refractivity (Wildman–Crippen MR) is 63.6 cm³/mol. The molecule has 88 valence electrons. The first-order valence-corrected chi connectivity index (χ1v) is 5.92. The van der Waals surface area contributed by atoms with Crippen molar-refractivity contribution in [1.82, 2.24) is 9.97 Å². The number of aryl methyl sites for hydroxylation is 2. The number of anilines is 1. The van der Waals surface area contributed by atoms with E-state index in [1.807, 2.05) is 19.9 Å². The molecule has 1 fully saturated rings. The fourth-order valence-corrected chi connectivity index (χ4v) is 2.02. The van der Waals surface area contributed by atoms with Crippen LogP contribution in [0.5, 0.6) is 0 Å². The number of hydrogen-bond donors (Lipinski definition) is 1. The van der Waals surface area contributed by atoms with E-state index in [0.29, 0.717) is 6.10 Å². The molecule has 1 atom stereocenters. The molecule has 0 amide bonds. The highest BCUT2D eigenvalue weighted by molar-refractivity contribution is 5.27. The highest BCUT2D eigenvalue weighted by Crippen LogP contribution is 2.15. The summed E-state index contributed by atoms with van der Waals surface area (Å²) in [6.07, 6.45) is 3.86. The zero-order valence-corrected chi connectivity index (χ0v) is 9.99. The Hall–Kier alpha value is -1.16. The highest BCUT2D eigenvalue weighted by atomic mass is 16.5. The first-order chi connectivity index (χ1) is 7.74. The predicted octanol–water partition coefficient (Wildman–Crippen LogP) is 2.07. The van der Waals surface area contributed by atoms with Gasteiger partial charge < -0.3 is 10.1 Å². The normalized spacial score (nSPS) is 20.0. The van der Waals surface area contributed by atoms with E-state index in [2.05, 4.69) is 15.3 Å². The van der Waals surface area contributed by atoms with E-state index < -0.39 is 0 Å². The standard InChI is InChI=1S/C12H19N3O/c1-9-8-10(2)15-12(14-9)13-6-5-11-4-3-7-16-11/h8,11H,3-7H2,1-2H3,(H,13,14,15). The smallest absolute Gasteiger partial charge is 0.223 e. The van der Waals surface area contributed by atoms with Crippen molar-refractivity contribution in [2.45, 2.75) is 39.2 Å². The Kier molecular flexibility index (Phi) is 3.72. The van der Waals surface area contributed by atoms with Gasteiger partial charge in [-0.3, -0.25) is 0 Å². The van der Waals surface area contributed by atoms with Crippen molar-refractivity contribution < 1.29 is 4.74 Å². The minimum Gasteiger partial charge on any atom is -0.378 e. The van der Waals surface area contributed by atoms with Gasteiger partial charge in [0.25, 0.3) is 0 Å². The Bertz CT molecular complexity index is 328. The number of nitrogens with one attached hydrogen (secondary N) is 1. The molecule has 1 N–H and O–H groups in total. The van der Waals surface area contributed by atoms with Crippen LogP contribution in [0, 0.1) is 13.8 Å². The molecule has 4 heteroatoms. The summed E-state index contributed by atoms with van der Waals surface area (Å²) in [6, 6.07) is 1.98. The van der Waals surface area contributed by atoms with Gasteiger partial charge in [-0.05, 0) is 39.2 Å². The molecular formula is C12H19N3O. The lowest BCUT2D eigenvalue weighted by Crippen LogP contribution is -2.14. The number of nitrogens with zero attached hydrogens (tertiary/aromatic N) is 2. The van der Waals surface area contributed by atoms with Gasteiger partial charge in [0, 0.05) is 24.5 Å². The van der Waals surface area contributed by atoms with E-state index in [1.165, 1.54) is 12.8 Å². The molecular weight excluding hydrogens is 202 g/mol. The Morgan fingerprint density at radius 2 is 2.12 bits per heavy atom. The van der Waals surface area contributed by atoms with Gasteiger partial charge in [-0.1, -0.05) is 0 Å². The van der Waals surface area contributed by atoms with E-state index in [9.17, 15) is 0 Å². The third kappa shape index (κ3) is 3.17. The molecule has 0 radical (unpaired) electrons. The van der Waals surface area contributed by atoms with Crippen LogP contribution in [-0.2, 0) is 4.74 Å². The average Bonchev–Trinajstić information content (AvgIpc) is 2.69.